The number of aliphatic hydroxyl groups excluding tert-OH is 1. The summed E-state index contributed by atoms with van der Waals surface area (Å²) in [5, 5.41) is 13.6. The van der Waals surface area contributed by atoms with E-state index in [0.717, 1.165) is 38.5 Å². The number of phosphoric ester groups is 1. The Hall–Kier alpha value is -1.02. The van der Waals surface area contributed by atoms with Gasteiger partial charge in [-0.1, -0.05) is 115 Å². The first kappa shape index (κ1) is 41.0. The molecule has 0 radical (unpaired) electrons. The number of phosphoric acid groups is 1. The van der Waals surface area contributed by atoms with Gasteiger partial charge in [-0.2, -0.15) is 0 Å². The summed E-state index contributed by atoms with van der Waals surface area (Å²) in [5.41, 5.74) is 0. The number of hydrogen-bond donors (Lipinski definition) is 3. The number of unbranched alkanes of at least 4 members (excludes halogenated alkanes) is 14. The van der Waals surface area contributed by atoms with Gasteiger partial charge in [0.2, 0.25) is 5.91 Å². The first-order valence-corrected chi connectivity index (χ1v) is 18.2. The molecule has 0 bridgehead atoms. The number of likely N-dealkylation sites (N-methyl/N-ethyl adjacent to an activating group) is 1. The van der Waals surface area contributed by atoms with Gasteiger partial charge in [0.05, 0.1) is 39.9 Å². The molecule has 0 aliphatic carbocycles. The average molecular weight is 618 g/mol. The topological polar surface area (TPSA) is 105 Å². The minimum absolute atomic E-state index is 0.0571. The molecule has 3 unspecified atom stereocenters. The molecule has 0 fully saturated rings. The van der Waals surface area contributed by atoms with Gasteiger partial charge < -0.3 is 19.8 Å². The van der Waals surface area contributed by atoms with Gasteiger partial charge in [0.25, 0.3) is 0 Å². The highest BCUT2D eigenvalue weighted by Gasteiger charge is 2.27. The van der Waals surface area contributed by atoms with Crippen molar-refractivity contribution in [1.29, 1.82) is 0 Å². The van der Waals surface area contributed by atoms with Gasteiger partial charge in [0.15, 0.2) is 0 Å². The molecule has 0 aromatic carbocycles. The van der Waals surface area contributed by atoms with Crippen LogP contribution in [-0.2, 0) is 18.4 Å². The number of rotatable bonds is 29. The Morgan fingerprint density at radius 2 is 1.31 bits per heavy atom. The van der Waals surface area contributed by atoms with Crippen LogP contribution in [0, 0.1) is 0 Å². The molecule has 9 heteroatoms. The Balaban J connectivity index is 4.70. The fourth-order valence-electron chi connectivity index (χ4n) is 4.41. The monoisotopic (exact) mass is 617 g/mol. The quantitative estimate of drug-likeness (QED) is 0.0342. The largest absolute Gasteiger partial charge is 0.472 e. The van der Waals surface area contributed by atoms with E-state index in [4.69, 9.17) is 9.05 Å². The van der Waals surface area contributed by atoms with Crippen molar-refractivity contribution in [3.8, 4) is 0 Å². The van der Waals surface area contributed by atoms with Gasteiger partial charge in [-0.25, -0.2) is 4.57 Å². The summed E-state index contributed by atoms with van der Waals surface area (Å²) in [6.45, 7) is 4.70. The molecule has 3 N–H and O–H groups in total. The fraction of sp³-hybridized carbons (Fsp3) is 0.848. The van der Waals surface area contributed by atoms with Crippen LogP contribution in [0.3, 0.4) is 0 Å². The summed E-state index contributed by atoms with van der Waals surface area (Å²) < 4.78 is 23.3. The highest BCUT2D eigenvalue weighted by molar-refractivity contribution is 7.47. The molecule has 8 nitrogen and oxygen atoms in total. The van der Waals surface area contributed by atoms with Crippen LogP contribution in [0.4, 0.5) is 0 Å². The van der Waals surface area contributed by atoms with Crippen LogP contribution in [0.25, 0.3) is 0 Å². The van der Waals surface area contributed by atoms with Crippen molar-refractivity contribution in [2.45, 2.75) is 142 Å². The van der Waals surface area contributed by atoms with E-state index < -0.39 is 20.0 Å². The summed E-state index contributed by atoms with van der Waals surface area (Å²) in [6, 6.07) is -0.853. The second-order valence-corrected chi connectivity index (χ2v) is 14.0. The van der Waals surface area contributed by atoms with Crippen molar-refractivity contribution in [1.82, 2.24) is 5.32 Å². The molecular formula is C33H66N2O6P+. The van der Waals surface area contributed by atoms with E-state index >= 15 is 0 Å². The molecule has 0 rings (SSSR count). The third-order valence-electron chi connectivity index (χ3n) is 7.17. The molecular weight excluding hydrogens is 551 g/mol. The fourth-order valence-corrected chi connectivity index (χ4v) is 5.14. The maximum Gasteiger partial charge on any atom is 0.472 e. The smallest absolute Gasteiger partial charge is 0.387 e. The van der Waals surface area contributed by atoms with E-state index in [-0.39, 0.29) is 19.1 Å². The Morgan fingerprint density at radius 1 is 0.786 bits per heavy atom. The van der Waals surface area contributed by atoms with Crippen molar-refractivity contribution >= 4 is 13.7 Å². The number of amides is 1. The number of carbonyl (C=O) groups excluding carboxylic acids is 1. The maximum atomic E-state index is 12.6. The molecule has 248 valence electrons. The third-order valence-corrected chi connectivity index (χ3v) is 8.16. The van der Waals surface area contributed by atoms with Crippen molar-refractivity contribution in [3.63, 3.8) is 0 Å². The number of allylic oxidation sites excluding steroid dienone is 3. The first-order valence-electron chi connectivity index (χ1n) is 16.7. The van der Waals surface area contributed by atoms with Crippen LogP contribution in [-0.4, -0.2) is 73.4 Å². The molecule has 1 amide bonds. The zero-order valence-electron chi connectivity index (χ0n) is 27.7. The predicted molar refractivity (Wildman–Crippen MR) is 175 cm³/mol. The Morgan fingerprint density at radius 3 is 1.90 bits per heavy atom. The minimum atomic E-state index is -4.32. The second-order valence-electron chi connectivity index (χ2n) is 12.5. The lowest BCUT2D eigenvalue weighted by atomic mass is 10.1. The number of hydrogen-bond acceptors (Lipinski definition) is 5. The van der Waals surface area contributed by atoms with Gasteiger partial charge in [0.1, 0.15) is 13.2 Å². The Labute approximate surface area is 258 Å². The van der Waals surface area contributed by atoms with E-state index in [9.17, 15) is 19.4 Å². The summed E-state index contributed by atoms with van der Waals surface area (Å²) in [7, 11) is 1.55. The minimum Gasteiger partial charge on any atom is -0.387 e. The van der Waals surface area contributed by atoms with Crippen LogP contribution in [0.2, 0.25) is 0 Å². The van der Waals surface area contributed by atoms with E-state index in [0.29, 0.717) is 17.4 Å². The van der Waals surface area contributed by atoms with Crippen molar-refractivity contribution in [2.24, 2.45) is 0 Å². The van der Waals surface area contributed by atoms with Crippen molar-refractivity contribution in [2.75, 3.05) is 40.9 Å². The molecule has 0 aromatic heterocycles. The van der Waals surface area contributed by atoms with Gasteiger partial charge >= 0.3 is 7.82 Å². The number of carbonyl (C=O) groups is 1. The molecule has 0 aliphatic heterocycles. The van der Waals surface area contributed by atoms with Gasteiger partial charge in [-0.05, 0) is 32.1 Å². The van der Waals surface area contributed by atoms with Crippen molar-refractivity contribution in [3.05, 3.63) is 24.3 Å². The lowest BCUT2D eigenvalue weighted by Gasteiger charge is -2.25. The predicted octanol–water partition coefficient (Wildman–Crippen LogP) is 7.85. The Bertz CT molecular complexity index is 753. The highest BCUT2D eigenvalue weighted by atomic mass is 31.2. The highest BCUT2D eigenvalue weighted by Crippen LogP contribution is 2.43. The van der Waals surface area contributed by atoms with Crippen LogP contribution >= 0.6 is 7.82 Å². The molecule has 0 aliphatic rings. The van der Waals surface area contributed by atoms with Crippen LogP contribution < -0.4 is 5.32 Å². The zero-order chi connectivity index (χ0) is 31.5. The van der Waals surface area contributed by atoms with E-state index in [2.05, 4.69) is 31.3 Å². The molecule has 3 atom stereocenters. The van der Waals surface area contributed by atoms with Gasteiger partial charge in [-0.3, -0.25) is 13.8 Å². The Kier molecular flexibility index (Phi) is 25.7. The number of nitrogens with one attached hydrogen (secondary N) is 1. The summed E-state index contributed by atoms with van der Waals surface area (Å²) in [5.74, 6) is -0.196. The zero-order valence-corrected chi connectivity index (χ0v) is 28.6. The van der Waals surface area contributed by atoms with Crippen LogP contribution in [0.5, 0.6) is 0 Å². The molecule has 0 aromatic rings. The number of quaternary nitrogens is 1. The van der Waals surface area contributed by atoms with Crippen LogP contribution in [0.1, 0.15) is 129 Å². The molecule has 42 heavy (non-hydrogen) atoms. The normalized spacial score (nSPS) is 15.3. The summed E-state index contributed by atoms with van der Waals surface area (Å²) in [6.07, 6.45) is 26.8. The van der Waals surface area contributed by atoms with Crippen molar-refractivity contribution < 1.29 is 32.9 Å². The number of aliphatic hydroxyl groups is 1. The maximum absolute atomic E-state index is 12.6. The lowest BCUT2D eigenvalue weighted by molar-refractivity contribution is -0.870. The standard InChI is InChI=1S/C33H65N2O6P/c1-6-8-10-12-14-16-17-18-19-20-22-24-26-32(36)31(30-41-42(38,39)40-29-28-35(3,4)5)34-33(37)27-25-23-21-15-13-11-9-7-2/h18-19,24,26,31-32,36H,6-17,20-23,25,27-30H2,1-5H3,(H-,34,37,38,39)/p+1/b19-18+,26-24+. The van der Waals surface area contributed by atoms with E-state index in [1.165, 1.54) is 70.6 Å². The molecule has 0 saturated carbocycles. The van der Waals surface area contributed by atoms with Gasteiger partial charge in [0, 0.05) is 6.42 Å². The second kappa shape index (κ2) is 26.4. The lowest BCUT2D eigenvalue weighted by Crippen LogP contribution is -2.45. The summed E-state index contributed by atoms with van der Waals surface area (Å²) in [4.78, 5) is 22.8. The number of nitrogens with zero attached hydrogens (tertiary/aromatic N) is 1. The van der Waals surface area contributed by atoms with E-state index in [1.54, 1.807) is 6.08 Å². The van der Waals surface area contributed by atoms with E-state index in [1.807, 2.05) is 27.2 Å². The first-order chi connectivity index (χ1) is 20.0. The van der Waals surface area contributed by atoms with Crippen LogP contribution in [0.15, 0.2) is 24.3 Å². The average Bonchev–Trinajstić information content (AvgIpc) is 2.92. The van der Waals surface area contributed by atoms with Gasteiger partial charge in [-0.15, -0.1) is 0 Å². The molecule has 0 saturated heterocycles. The SMILES string of the molecule is CCCCCCCC/C=C/CC/C=C/C(O)C(COP(=O)(O)OCC[N+](C)(C)C)NC(=O)CCCCCCCCCC. The molecule has 0 heterocycles. The summed E-state index contributed by atoms with van der Waals surface area (Å²) >= 11 is 0. The molecule has 0 spiro atoms. The third kappa shape index (κ3) is 27.8.